The molecule has 1 atom stereocenters. The van der Waals surface area contributed by atoms with Crippen molar-refractivity contribution in [3.05, 3.63) is 24.0 Å². The molecule has 0 saturated carbocycles. The first kappa shape index (κ1) is 13.2. The zero-order valence-corrected chi connectivity index (χ0v) is 10.8. The third-order valence-electron chi connectivity index (χ3n) is 3.00. The van der Waals surface area contributed by atoms with E-state index >= 15 is 0 Å². The van der Waals surface area contributed by atoms with Gasteiger partial charge in [-0.2, -0.15) is 0 Å². The van der Waals surface area contributed by atoms with Crippen molar-refractivity contribution in [2.24, 2.45) is 4.99 Å². The minimum Gasteiger partial charge on any atom is -0.481 e. The highest BCUT2D eigenvalue weighted by Gasteiger charge is 2.31. The number of aliphatic carboxylic acids is 1. The van der Waals surface area contributed by atoms with Gasteiger partial charge in [0, 0.05) is 12.7 Å². The van der Waals surface area contributed by atoms with Gasteiger partial charge in [-0.3, -0.25) is 19.6 Å². The van der Waals surface area contributed by atoms with Crippen molar-refractivity contribution in [1.82, 2.24) is 4.98 Å². The molecule has 1 N–H and O–H groups in total. The van der Waals surface area contributed by atoms with E-state index in [1.54, 1.807) is 25.3 Å². The molecule has 19 heavy (non-hydrogen) atoms. The molecule has 2 rings (SSSR count). The zero-order valence-electron chi connectivity index (χ0n) is 10.8. The van der Waals surface area contributed by atoms with Crippen LogP contribution in [0.1, 0.15) is 26.0 Å². The molecular formula is C13H15N3O3. The molecule has 1 aliphatic rings. The average molecular weight is 261 g/mol. The van der Waals surface area contributed by atoms with E-state index in [9.17, 15) is 9.59 Å². The molecule has 1 aromatic heterocycles. The summed E-state index contributed by atoms with van der Waals surface area (Å²) in [7, 11) is 0. The molecule has 0 aromatic carbocycles. The maximum atomic E-state index is 12.3. The third-order valence-corrected chi connectivity index (χ3v) is 3.00. The average Bonchev–Trinajstić information content (AvgIpc) is 2.47. The smallest absolute Gasteiger partial charge is 0.306 e. The summed E-state index contributed by atoms with van der Waals surface area (Å²) in [6.07, 6.45) is 1.33. The number of hydrogen-bond acceptors (Lipinski definition) is 4. The summed E-state index contributed by atoms with van der Waals surface area (Å²) >= 11 is 0. The number of fused-ring (bicyclic) bond motifs is 1. The van der Waals surface area contributed by atoms with Crippen molar-refractivity contribution >= 4 is 23.3 Å². The fourth-order valence-corrected chi connectivity index (χ4v) is 2.17. The Hall–Kier alpha value is -2.24. The SMILES string of the molecule is CCN1C(=O)[C@H](CC(=O)O)N=C(C)c2ncccc21. The maximum Gasteiger partial charge on any atom is 0.306 e. The Labute approximate surface area is 110 Å². The number of rotatable bonds is 3. The lowest BCUT2D eigenvalue weighted by atomic mass is 10.2. The van der Waals surface area contributed by atoms with Crippen LogP contribution in [-0.4, -0.2) is 40.3 Å². The van der Waals surface area contributed by atoms with Gasteiger partial charge in [0.2, 0.25) is 0 Å². The van der Waals surface area contributed by atoms with E-state index < -0.39 is 12.0 Å². The fraction of sp³-hybridized carbons (Fsp3) is 0.385. The van der Waals surface area contributed by atoms with Gasteiger partial charge in [0.1, 0.15) is 11.7 Å². The van der Waals surface area contributed by atoms with Crippen molar-refractivity contribution in [2.75, 3.05) is 11.4 Å². The molecule has 0 radical (unpaired) electrons. The minimum absolute atomic E-state index is 0.295. The summed E-state index contributed by atoms with van der Waals surface area (Å²) in [5, 5.41) is 8.88. The van der Waals surface area contributed by atoms with Crippen molar-refractivity contribution in [2.45, 2.75) is 26.3 Å². The van der Waals surface area contributed by atoms with Crippen molar-refractivity contribution < 1.29 is 14.7 Å². The van der Waals surface area contributed by atoms with E-state index in [2.05, 4.69) is 9.98 Å². The number of likely N-dealkylation sites (N-methyl/N-ethyl adjacent to an activating group) is 1. The lowest BCUT2D eigenvalue weighted by Crippen LogP contribution is -2.38. The van der Waals surface area contributed by atoms with E-state index in [0.717, 1.165) is 0 Å². The summed E-state index contributed by atoms with van der Waals surface area (Å²) in [4.78, 5) is 33.2. The third kappa shape index (κ3) is 2.47. The Balaban J connectivity index is 2.51. The molecule has 6 nitrogen and oxygen atoms in total. The second-order valence-electron chi connectivity index (χ2n) is 4.28. The van der Waals surface area contributed by atoms with Crippen LogP contribution in [0.25, 0.3) is 0 Å². The molecule has 0 fully saturated rings. The number of carbonyl (C=O) groups excluding carboxylic acids is 1. The summed E-state index contributed by atoms with van der Waals surface area (Å²) in [5.41, 5.74) is 1.90. The lowest BCUT2D eigenvalue weighted by Gasteiger charge is -2.22. The van der Waals surface area contributed by atoms with E-state index in [4.69, 9.17) is 5.11 Å². The number of pyridine rings is 1. The summed E-state index contributed by atoms with van der Waals surface area (Å²) in [6.45, 7) is 4.04. The van der Waals surface area contributed by atoms with Crippen LogP contribution in [0, 0.1) is 0 Å². The number of carboxylic acid groups (broad SMARTS) is 1. The monoisotopic (exact) mass is 261 g/mol. The number of aliphatic imine (C=N–C) groups is 1. The van der Waals surface area contributed by atoms with Crippen LogP contribution in [0.3, 0.4) is 0 Å². The van der Waals surface area contributed by atoms with Crippen LogP contribution in [0.15, 0.2) is 23.3 Å². The Morgan fingerprint density at radius 2 is 2.26 bits per heavy atom. The van der Waals surface area contributed by atoms with E-state index in [1.165, 1.54) is 4.90 Å². The van der Waals surface area contributed by atoms with Crippen molar-refractivity contribution in [3.8, 4) is 0 Å². The molecule has 0 aliphatic carbocycles. The van der Waals surface area contributed by atoms with Gasteiger partial charge in [0.25, 0.3) is 5.91 Å². The van der Waals surface area contributed by atoms with Gasteiger partial charge in [-0.15, -0.1) is 0 Å². The van der Waals surface area contributed by atoms with Crippen LogP contribution in [-0.2, 0) is 9.59 Å². The predicted octanol–water partition coefficient (Wildman–Crippen LogP) is 1.10. The van der Waals surface area contributed by atoms with Crippen LogP contribution in [0.2, 0.25) is 0 Å². The topological polar surface area (TPSA) is 82.9 Å². The molecule has 0 saturated heterocycles. The Bertz CT molecular complexity index is 554. The molecule has 0 bridgehead atoms. The van der Waals surface area contributed by atoms with Gasteiger partial charge in [-0.05, 0) is 26.0 Å². The fourth-order valence-electron chi connectivity index (χ4n) is 2.17. The first-order chi connectivity index (χ1) is 9.04. The van der Waals surface area contributed by atoms with Crippen molar-refractivity contribution in [3.63, 3.8) is 0 Å². The highest BCUT2D eigenvalue weighted by molar-refractivity contribution is 6.11. The van der Waals surface area contributed by atoms with Crippen LogP contribution >= 0.6 is 0 Å². The van der Waals surface area contributed by atoms with Gasteiger partial charge in [0.15, 0.2) is 0 Å². The molecular weight excluding hydrogens is 246 g/mol. The maximum absolute atomic E-state index is 12.3. The quantitative estimate of drug-likeness (QED) is 0.883. The van der Waals surface area contributed by atoms with Gasteiger partial charge >= 0.3 is 5.97 Å². The normalized spacial score (nSPS) is 18.6. The number of carbonyl (C=O) groups is 2. The van der Waals surface area contributed by atoms with Crippen molar-refractivity contribution in [1.29, 1.82) is 0 Å². The van der Waals surface area contributed by atoms with Gasteiger partial charge < -0.3 is 10.0 Å². The first-order valence-corrected chi connectivity index (χ1v) is 6.07. The highest BCUT2D eigenvalue weighted by Crippen LogP contribution is 2.24. The Morgan fingerprint density at radius 1 is 1.53 bits per heavy atom. The molecule has 2 heterocycles. The molecule has 0 spiro atoms. The molecule has 0 unspecified atom stereocenters. The summed E-state index contributed by atoms with van der Waals surface area (Å²) < 4.78 is 0. The molecule has 1 amide bonds. The van der Waals surface area contributed by atoms with Crippen LogP contribution < -0.4 is 4.90 Å². The van der Waals surface area contributed by atoms with Gasteiger partial charge in [0.05, 0.1) is 17.8 Å². The lowest BCUT2D eigenvalue weighted by molar-refractivity contribution is -0.139. The molecule has 1 aromatic rings. The summed E-state index contributed by atoms with van der Waals surface area (Å²) in [6, 6.07) is 2.66. The number of amides is 1. The van der Waals surface area contributed by atoms with Crippen LogP contribution in [0.4, 0.5) is 5.69 Å². The number of aromatic nitrogens is 1. The van der Waals surface area contributed by atoms with E-state index in [0.29, 0.717) is 23.6 Å². The number of hydrogen-bond donors (Lipinski definition) is 1. The highest BCUT2D eigenvalue weighted by atomic mass is 16.4. The number of carboxylic acids is 1. The molecule has 6 heteroatoms. The Kier molecular flexibility index (Phi) is 3.59. The first-order valence-electron chi connectivity index (χ1n) is 6.07. The zero-order chi connectivity index (χ0) is 14.0. The standard InChI is InChI=1S/C13H15N3O3/c1-3-16-10-5-4-6-14-12(10)8(2)15-9(13(16)19)7-11(17)18/h4-6,9H,3,7H2,1-2H3,(H,17,18)/t9-/m0/s1. The molecule has 100 valence electrons. The molecule has 1 aliphatic heterocycles. The number of nitrogens with zero attached hydrogens (tertiary/aromatic N) is 3. The second kappa shape index (κ2) is 5.17. The minimum atomic E-state index is -1.04. The van der Waals surface area contributed by atoms with Gasteiger partial charge in [-0.1, -0.05) is 0 Å². The van der Waals surface area contributed by atoms with E-state index in [1.807, 2.05) is 6.92 Å². The predicted molar refractivity (Wildman–Crippen MR) is 70.5 cm³/mol. The second-order valence-corrected chi connectivity index (χ2v) is 4.28. The van der Waals surface area contributed by atoms with E-state index in [-0.39, 0.29) is 12.3 Å². The van der Waals surface area contributed by atoms with Gasteiger partial charge in [-0.25, -0.2) is 0 Å². The summed E-state index contributed by atoms with van der Waals surface area (Å²) in [5.74, 6) is -1.33. The largest absolute Gasteiger partial charge is 0.481 e. The number of anilines is 1. The Morgan fingerprint density at radius 3 is 2.89 bits per heavy atom. The van der Waals surface area contributed by atoms with Crippen LogP contribution in [0.5, 0.6) is 0 Å².